The van der Waals surface area contributed by atoms with Gasteiger partial charge in [0.1, 0.15) is 5.02 Å². The first kappa shape index (κ1) is 14.0. The number of nitrogens with zero attached hydrogens (tertiary/aromatic N) is 2. The summed E-state index contributed by atoms with van der Waals surface area (Å²) in [6, 6.07) is 0. The molecule has 1 atom stereocenters. The fraction of sp³-hybridized carbons (Fsp3) is 0.600. The second-order valence-electron chi connectivity index (χ2n) is 3.55. The molecular formula is C10H16ClN3O3. The summed E-state index contributed by atoms with van der Waals surface area (Å²) in [6.07, 6.45) is 1.47. The molecule has 0 saturated heterocycles. The van der Waals surface area contributed by atoms with Crippen molar-refractivity contribution in [2.45, 2.75) is 19.6 Å². The summed E-state index contributed by atoms with van der Waals surface area (Å²) in [5.74, 6) is 0. The maximum absolute atomic E-state index is 11.7. The Kier molecular flexibility index (Phi) is 5.40. The summed E-state index contributed by atoms with van der Waals surface area (Å²) in [5, 5.41) is 15.7. The van der Waals surface area contributed by atoms with Gasteiger partial charge in [-0.1, -0.05) is 11.6 Å². The standard InChI is InChI=1S/C10H16ClN3O3/c1-7(17-2)5-12-8-6-13-14(3-4-15)10(16)9(8)11/h6-7,12,15H,3-5H2,1-2H3. The zero-order chi connectivity index (χ0) is 12.8. The minimum atomic E-state index is -0.421. The number of anilines is 1. The molecule has 7 heteroatoms. The first-order valence-electron chi connectivity index (χ1n) is 5.23. The minimum Gasteiger partial charge on any atom is -0.394 e. The Morgan fingerprint density at radius 1 is 1.71 bits per heavy atom. The molecule has 1 aromatic heterocycles. The third kappa shape index (κ3) is 3.69. The van der Waals surface area contributed by atoms with Gasteiger partial charge in [-0.25, -0.2) is 4.68 Å². The average Bonchev–Trinajstić information content (AvgIpc) is 2.34. The Bertz CT molecular complexity index is 422. The third-order valence-corrected chi connectivity index (χ3v) is 2.64. The molecular weight excluding hydrogens is 246 g/mol. The van der Waals surface area contributed by atoms with E-state index in [4.69, 9.17) is 21.4 Å². The lowest BCUT2D eigenvalue weighted by Gasteiger charge is -2.13. The molecule has 0 saturated carbocycles. The van der Waals surface area contributed by atoms with Gasteiger partial charge >= 0.3 is 0 Å². The Balaban J connectivity index is 2.82. The second-order valence-corrected chi connectivity index (χ2v) is 3.93. The van der Waals surface area contributed by atoms with Crippen molar-refractivity contribution in [1.82, 2.24) is 9.78 Å². The number of aliphatic hydroxyl groups is 1. The van der Waals surface area contributed by atoms with Gasteiger partial charge in [0.2, 0.25) is 0 Å². The molecule has 0 aliphatic carbocycles. The minimum absolute atomic E-state index is 0.00550. The molecule has 0 bridgehead atoms. The van der Waals surface area contributed by atoms with Crippen LogP contribution in [-0.2, 0) is 11.3 Å². The van der Waals surface area contributed by atoms with Crippen LogP contribution >= 0.6 is 11.6 Å². The smallest absolute Gasteiger partial charge is 0.287 e. The van der Waals surface area contributed by atoms with E-state index in [1.54, 1.807) is 7.11 Å². The molecule has 0 aromatic carbocycles. The van der Waals surface area contributed by atoms with E-state index in [-0.39, 0.29) is 24.3 Å². The fourth-order valence-corrected chi connectivity index (χ4v) is 1.39. The van der Waals surface area contributed by atoms with Gasteiger partial charge in [-0.15, -0.1) is 0 Å². The lowest BCUT2D eigenvalue weighted by Crippen LogP contribution is -2.26. The monoisotopic (exact) mass is 261 g/mol. The summed E-state index contributed by atoms with van der Waals surface area (Å²) >= 11 is 5.90. The molecule has 17 heavy (non-hydrogen) atoms. The van der Waals surface area contributed by atoms with Gasteiger partial charge in [0.15, 0.2) is 0 Å². The quantitative estimate of drug-likeness (QED) is 0.772. The number of methoxy groups -OCH3 is 1. The van der Waals surface area contributed by atoms with Crippen molar-refractivity contribution in [3.63, 3.8) is 0 Å². The van der Waals surface area contributed by atoms with E-state index in [0.717, 1.165) is 4.68 Å². The Labute approximate surface area is 104 Å². The van der Waals surface area contributed by atoms with Gasteiger partial charge in [-0.05, 0) is 6.92 Å². The topological polar surface area (TPSA) is 76.4 Å². The van der Waals surface area contributed by atoms with E-state index in [1.165, 1.54) is 6.20 Å². The predicted octanol–water partition coefficient (Wildman–Crippen LogP) is 0.336. The molecule has 0 aliphatic rings. The second kappa shape index (κ2) is 6.58. The average molecular weight is 262 g/mol. The highest BCUT2D eigenvalue weighted by Crippen LogP contribution is 2.15. The van der Waals surface area contributed by atoms with Crippen LogP contribution in [0.5, 0.6) is 0 Å². The van der Waals surface area contributed by atoms with Gasteiger partial charge in [-0.3, -0.25) is 4.79 Å². The summed E-state index contributed by atoms with van der Waals surface area (Å²) in [6.45, 7) is 2.40. The van der Waals surface area contributed by atoms with Crippen molar-refractivity contribution in [3.05, 3.63) is 21.6 Å². The SMILES string of the molecule is COC(C)CNc1cnn(CCO)c(=O)c1Cl. The molecule has 6 nitrogen and oxygen atoms in total. The van der Waals surface area contributed by atoms with Crippen LogP contribution in [0.4, 0.5) is 5.69 Å². The number of hydrogen-bond acceptors (Lipinski definition) is 5. The van der Waals surface area contributed by atoms with E-state index in [9.17, 15) is 4.79 Å². The normalized spacial score (nSPS) is 12.5. The number of halogens is 1. The van der Waals surface area contributed by atoms with Gasteiger partial charge in [0.05, 0.1) is 31.1 Å². The summed E-state index contributed by atoms with van der Waals surface area (Å²) in [5.41, 5.74) is 0.0468. The lowest BCUT2D eigenvalue weighted by atomic mass is 10.3. The molecule has 0 radical (unpaired) electrons. The van der Waals surface area contributed by atoms with E-state index in [2.05, 4.69) is 10.4 Å². The largest absolute Gasteiger partial charge is 0.394 e. The Morgan fingerprint density at radius 3 is 3.00 bits per heavy atom. The number of hydrogen-bond donors (Lipinski definition) is 2. The number of aliphatic hydroxyl groups excluding tert-OH is 1. The van der Waals surface area contributed by atoms with Gasteiger partial charge in [-0.2, -0.15) is 5.10 Å². The van der Waals surface area contributed by atoms with Crippen molar-refractivity contribution < 1.29 is 9.84 Å². The maximum Gasteiger partial charge on any atom is 0.287 e. The van der Waals surface area contributed by atoms with Crippen molar-refractivity contribution in [3.8, 4) is 0 Å². The highest BCUT2D eigenvalue weighted by atomic mass is 35.5. The molecule has 0 aliphatic heterocycles. The van der Waals surface area contributed by atoms with Crippen molar-refractivity contribution in [1.29, 1.82) is 0 Å². The molecule has 1 rings (SSSR count). The lowest BCUT2D eigenvalue weighted by molar-refractivity contribution is 0.129. The van der Waals surface area contributed by atoms with Crippen molar-refractivity contribution in [2.75, 3.05) is 25.6 Å². The van der Waals surface area contributed by atoms with Gasteiger partial charge < -0.3 is 15.2 Å². The van der Waals surface area contributed by atoms with Crippen LogP contribution < -0.4 is 10.9 Å². The van der Waals surface area contributed by atoms with Crippen LogP contribution in [0.1, 0.15) is 6.92 Å². The Morgan fingerprint density at radius 2 is 2.41 bits per heavy atom. The van der Waals surface area contributed by atoms with Crippen LogP contribution in [0.3, 0.4) is 0 Å². The molecule has 1 aromatic rings. The number of aromatic nitrogens is 2. The zero-order valence-corrected chi connectivity index (χ0v) is 10.6. The highest BCUT2D eigenvalue weighted by molar-refractivity contribution is 6.32. The number of ether oxygens (including phenoxy) is 1. The van der Waals surface area contributed by atoms with E-state index in [1.807, 2.05) is 6.92 Å². The highest BCUT2D eigenvalue weighted by Gasteiger charge is 2.09. The molecule has 2 N–H and O–H groups in total. The first-order chi connectivity index (χ1) is 8.10. The molecule has 0 spiro atoms. The zero-order valence-electron chi connectivity index (χ0n) is 9.81. The Hall–Kier alpha value is -1.11. The molecule has 0 fully saturated rings. The van der Waals surface area contributed by atoms with E-state index < -0.39 is 5.56 Å². The van der Waals surface area contributed by atoms with Crippen LogP contribution in [0.15, 0.2) is 11.0 Å². The summed E-state index contributed by atoms with van der Waals surface area (Å²) in [7, 11) is 1.60. The number of rotatable bonds is 6. The van der Waals surface area contributed by atoms with Crippen LogP contribution in [0, 0.1) is 0 Å². The van der Waals surface area contributed by atoms with E-state index >= 15 is 0 Å². The third-order valence-electron chi connectivity index (χ3n) is 2.28. The first-order valence-corrected chi connectivity index (χ1v) is 5.61. The van der Waals surface area contributed by atoms with Crippen LogP contribution in [0.25, 0.3) is 0 Å². The maximum atomic E-state index is 11.7. The molecule has 96 valence electrons. The molecule has 1 unspecified atom stereocenters. The number of nitrogens with one attached hydrogen (secondary N) is 1. The van der Waals surface area contributed by atoms with Crippen molar-refractivity contribution >= 4 is 17.3 Å². The van der Waals surface area contributed by atoms with Crippen LogP contribution in [0.2, 0.25) is 5.02 Å². The predicted molar refractivity (Wildman–Crippen MR) is 65.6 cm³/mol. The summed E-state index contributed by atoms with van der Waals surface area (Å²) in [4.78, 5) is 11.7. The van der Waals surface area contributed by atoms with Crippen LogP contribution in [-0.4, -0.2) is 41.3 Å². The van der Waals surface area contributed by atoms with Gasteiger partial charge in [0.25, 0.3) is 5.56 Å². The van der Waals surface area contributed by atoms with E-state index in [0.29, 0.717) is 12.2 Å². The molecule has 1 heterocycles. The van der Waals surface area contributed by atoms with Gasteiger partial charge in [0, 0.05) is 13.7 Å². The summed E-state index contributed by atoms with van der Waals surface area (Å²) < 4.78 is 6.18. The fourth-order valence-electron chi connectivity index (χ4n) is 1.18. The molecule has 0 amide bonds. The van der Waals surface area contributed by atoms with Crippen molar-refractivity contribution in [2.24, 2.45) is 0 Å².